The number of benzene rings is 1. The molecule has 0 unspecified atom stereocenters. The number of aromatic nitrogens is 3. The normalized spacial score (nSPS) is 10.8. The molecule has 0 bridgehead atoms. The summed E-state index contributed by atoms with van der Waals surface area (Å²) >= 11 is 0. The number of nitrogen functional groups attached to an aromatic ring is 1. The maximum absolute atomic E-state index is 13.8. The van der Waals surface area contributed by atoms with Gasteiger partial charge in [-0.1, -0.05) is 25.1 Å². The standard InChI is InChI=1S/C21H21FN4O2/c1-3-10-25-13-15(8-9-17(25)27)18-19(14-6-5-7-16(22)12-14)24-21(23)26(11-4-2)20(18)28/h4-9,12-13H,2-3,10-11H2,1H3,(H2,23,24). The van der Waals surface area contributed by atoms with Gasteiger partial charge in [-0.2, -0.15) is 0 Å². The van der Waals surface area contributed by atoms with Crippen LogP contribution in [0.1, 0.15) is 13.3 Å². The fourth-order valence-electron chi connectivity index (χ4n) is 3.08. The minimum atomic E-state index is -0.449. The first-order valence-corrected chi connectivity index (χ1v) is 8.94. The van der Waals surface area contributed by atoms with Crippen LogP contribution in [0, 0.1) is 5.82 Å². The molecule has 0 saturated carbocycles. The Hall–Kier alpha value is -3.48. The Morgan fingerprint density at radius 2 is 2.00 bits per heavy atom. The molecule has 1 aromatic carbocycles. The van der Waals surface area contributed by atoms with Crippen LogP contribution in [0.2, 0.25) is 0 Å². The molecule has 0 aliphatic heterocycles. The van der Waals surface area contributed by atoms with Gasteiger partial charge in [-0.15, -0.1) is 6.58 Å². The molecule has 0 radical (unpaired) electrons. The highest BCUT2D eigenvalue weighted by Gasteiger charge is 2.19. The molecule has 6 nitrogen and oxygen atoms in total. The van der Waals surface area contributed by atoms with E-state index in [0.717, 1.165) is 6.42 Å². The fraction of sp³-hybridized carbons (Fsp3) is 0.190. The first kappa shape index (κ1) is 19.3. The molecular formula is C21H21FN4O2. The average molecular weight is 380 g/mol. The van der Waals surface area contributed by atoms with Crippen molar-refractivity contribution in [3.05, 3.63) is 81.8 Å². The first-order valence-electron chi connectivity index (χ1n) is 8.94. The number of halogens is 1. The molecule has 0 atom stereocenters. The lowest BCUT2D eigenvalue weighted by Crippen LogP contribution is -2.27. The van der Waals surface area contributed by atoms with Gasteiger partial charge in [-0.25, -0.2) is 9.37 Å². The van der Waals surface area contributed by atoms with Crippen LogP contribution in [0.25, 0.3) is 22.4 Å². The largest absolute Gasteiger partial charge is 0.369 e. The van der Waals surface area contributed by atoms with Crippen LogP contribution in [-0.2, 0) is 13.1 Å². The lowest BCUT2D eigenvalue weighted by Gasteiger charge is -2.15. The molecule has 3 rings (SSSR count). The first-order chi connectivity index (χ1) is 13.5. The van der Waals surface area contributed by atoms with Crippen molar-refractivity contribution in [1.82, 2.24) is 14.1 Å². The van der Waals surface area contributed by atoms with Gasteiger partial charge < -0.3 is 10.3 Å². The van der Waals surface area contributed by atoms with Gasteiger partial charge in [0, 0.05) is 36.5 Å². The molecule has 2 N–H and O–H groups in total. The number of allylic oxidation sites excluding steroid dienone is 1. The van der Waals surface area contributed by atoms with E-state index >= 15 is 0 Å². The predicted molar refractivity (Wildman–Crippen MR) is 108 cm³/mol. The van der Waals surface area contributed by atoms with E-state index in [1.807, 2.05) is 6.92 Å². The van der Waals surface area contributed by atoms with Crippen LogP contribution in [0.3, 0.4) is 0 Å². The average Bonchev–Trinajstić information content (AvgIpc) is 2.67. The fourth-order valence-corrected chi connectivity index (χ4v) is 3.08. The highest BCUT2D eigenvalue weighted by molar-refractivity contribution is 5.80. The maximum Gasteiger partial charge on any atom is 0.263 e. The summed E-state index contributed by atoms with van der Waals surface area (Å²) in [6.07, 6.45) is 3.94. The monoisotopic (exact) mass is 380 g/mol. The van der Waals surface area contributed by atoms with Crippen LogP contribution >= 0.6 is 0 Å². The summed E-state index contributed by atoms with van der Waals surface area (Å²) in [5.74, 6) is -0.440. The number of nitrogens with zero attached hydrogens (tertiary/aromatic N) is 3. The van der Waals surface area contributed by atoms with E-state index < -0.39 is 5.82 Å². The summed E-state index contributed by atoms with van der Waals surface area (Å²) in [6, 6.07) is 8.79. The van der Waals surface area contributed by atoms with Crippen molar-refractivity contribution >= 4 is 5.95 Å². The van der Waals surface area contributed by atoms with E-state index in [1.54, 1.807) is 35.0 Å². The zero-order valence-corrected chi connectivity index (χ0v) is 15.6. The van der Waals surface area contributed by atoms with E-state index in [9.17, 15) is 14.0 Å². The van der Waals surface area contributed by atoms with E-state index in [4.69, 9.17) is 5.73 Å². The Balaban J connectivity index is 2.36. The van der Waals surface area contributed by atoms with E-state index in [0.29, 0.717) is 17.7 Å². The second kappa shape index (κ2) is 8.04. The lowest BCUT2D eigenvalue weighted by atomic mass is 10.0. The molecule has 0 aliphatic carbocycles. The topological polar surface area (TPSA) is 82.9 Å². The summed E-state index contributed by atoms with van der Waals surface area (Å²) in [4.78, 5) is 29.7. The van der Waals surface area contributed by atoms with Crippen LogP contribution in [-0.4, -0.2) is 14.1 Å². The number of aryl methyl sites for hydroxylation is 1. The zero-order chi connectivity index (χ0) is 20.3. The van der Waals surface area contributed by atoms with Crippen LogP contribution in [0.15, 0.2) is 64.8 Å². The molecular weight excluding hydrogens is 359 g/mol. The van der Waals surface area contributed by atoms with Gasteiger partial charge in [0.05, 0.1) is 11.3 Å². The van der Waals surface area contributed by atoms with Crippen molar-refractivity contribution in [2.75, 3.05) is 5.73 Å². The highest BCUT2D eigenvalue weighted by Crippen LogP contribution is 2.28. The molecule has 0 aliphatic rings. The molecule has 3 aromatic rings. The summed E-state index contributed by atoms with van der Waals surface area (Å²) in [6.45, 7) is 6.30. The van der Waals surface area contributed by atoms with Crippen molar-refractivity contribution < 1.29 is 4.39 Å². The van der Waals surface area contributed by atoms with Gasteiger partial charge in [0.2, 0.25) is 5.95 Å². The summed E-state index contributed by atoms with van der Waals surface area (Å²) in [5.41, 5.74) is 6.92. The van der Waals surface area contributed by atoms with Crippen molar-refractivity contribution in [1.29, 1.82) is 0 Å². The van der Waals surface area contributed by atoms with Gasteiger partial charge in [-0.05, 0) is 24.6 Å². The van der Waals surface area contributed by atoms with Crippen LogP contribution < -0.4 is 16.9 Å². The second-order valence-electron chi connectivity index (χ2n) is 6.36. The third kappa shape index (κ3) is 3.64. The third-order valence-corrected chi connectivity index (χ3v) is 4.35. The molecule has 0 spiro atoms. The number of hydrogen-bond donors (Lipinski definition) is 1. The molecule has 2 heterocycles. The number of rotatable bonds is 6. The zero-order valence-electron chi connectivity index (χ0n) is 15.6. The molecule has 0 amide bonds. The molecule has 0 saturated heterocycles. The smallest absolute Gasteiger partial charge is 0.263 e. The van der Waals surface area contributed by atoms with Gasteiger partial charge in [0.25, 0.3) is 11.1 Å². The van der Waals surface area contributed by atoms with E-state index in [-0.39, 0.29) is 34.9 Å². The predicted octanol–water partition coefficient (Wildman–Crippen LogP) is 3.06. The van der Waals surface area contributed by atoms with Gasteiger partial charge >= 0.3 is 0 Å². The molecule has 0 fully saturated rings. The molecule has 2 aromatic heterocycles. The molecule has 144 valence electrons. The quantitative estimate of drug-likeness (QED) is 0.666. The molecule has 28 heavy (non-hydrogen) atoms. The minimum Gasteiger partial charge on any atom is -0.369 e. The van der Waals surface area contributed by atoms with Gasteiger partial charge in [-0.3, -0.25) is 14.2 Å². The number of nitrogens with two attached hydrogens (primary N) is 1. The Morgan fingerprint density at radius 1 is 1.21 bits per heavy atom. The second-order valence-corrected chi connectivity index (χ2v) is 6.36. The van der Waals surface area contributed by atoms with Gasteiger partial charge in [0.1, 0.15) is 5.82 Å². The third-order valence-electron chi connectivity index (χ3n) is 4.35. The number of hydrogen-bond acceptors (Lipinski definition) is 4. The SMILES string of the molecule is C=CCn1c(N)nc(-c2cccc(F)c2)c(-c2ccc(=O)n(CCC)c2)c1=O. The summed E-state index contributed by atoms with van der Waals surface area (Å²) < 4.78 is 16.6. The van der Waals surface area contributed by atoms with Crippen molar-refractivity contribution in [2.24, 2.45) is 0 Å². The Bertz CT molecular complexity index is 1150. The van der Waals surface area contributed by atoms with Crippen LogP contribution in [0.5, 0.6) is 0 Å². The Morgan fingerprint density at radius 3 is 2.68 bits per heavy atom. The van der Waals surface area contributed by atoms with Crippen molar-refractivity contribution in [3.63, 3.8) is 0 Å². The number of pyridine rings is 1. The minimum absolute atomic E-state index is 0.00907. The van der Waals surface area contributed by atoms with E-state index in [1.165, 1.54) is 22.8 Å². The maximum atomic E-state index is 13.8. The highest BCUT2D eigenvalue weighted by atomic mass is 19.1. The molecule has 7 heteroatoms. The van der Waals surface area contributed by atoms with Crippen LogP contribution in [0.4, 0.5) is 10.3 Å². The van der Waals surface area contributed by atoms with E-state index in [2.05, 4.69) is 11.6 Å². The summed E-state index contributed by atoms with van der Waals surface area (Å²) in [5, 5.41) is 0. The Labute approximate surface area is 161 Å². The number of anilines is 1. The van der Waals surface area contributed by atoms with Crippen molar-refractivity contribution in [3.8, 4) is 22.4 Å². The summed E-state index contributed by atoms with van der Waals surface area (Å²) in [7, 11) is 0. The lowest BCUT2D eigenvalue weighted by molar-refractivity contribution is 0.628. The Kier molecular flexibility index (Phi) is 5.54. The van der Waals surface area contributed by atoms with Crippen molar-refractivity contribution in [2.45, 2.75) is 26.4 Å². The van der Waals surface area contributed by atoms with Gasteiger partial charge in [0.15, 0.2) is 0 Å².